The summed E-state index contributed by atoms with van der Waals surface area (Å²) in [5.74, 6) is 0.941. The third-order valence-corrected chi connectivity index (χ3v) is 5.24. The quantitative estimate of drug-likeness (QED) is 0.834. The third kappa shape index (κ3) is 5.08. The van der Waals surface area contributed by atoms with Gasteiger partial charge in [0, 0.05) is 25.2 Å². The van der Waals surface area contributed by atoms with Gasteiger partial charge < -0.3 is 15.2 Å². The lowest BCUT2D eigenvalue weighted by molar-refractivity contribution is -0.0186. The predicted octanol–water partition coefficient (Wildman–Crippen LogP) is 2.77. The summed E-state index contributed by atoms with van der Waals surface area (Å²) in [4.78, 5) is 14.6. The Morgan fingerprint density at radius 3 is 2.52 bits per heavy atom. The lowest BCUT2D eigenvalue weighted by Gasteiger charge is -2.49. The number of hydrogen-bond acceptors (Lipinski definition) is 4. The van der Waals surface area contributed by atoms with Crippen LogP contribution in [-0.4, -0.2) is 53.0 Å². The van der Waals surface area contributed by atoms with Crippen LogP contribution in [0, 0.1) is 11.8 Å². The van der Waals surface area contributed by atoms with Crippen molar-refractivity contribution in [3.8, 4) is 0 Å². The third-order valence-electron chi connectivity index (χ3n) is 5.24. The van der Waals surface area contributed by atoms with E-state index in [0.29, 0.717) is 6.04 Å². The van der Waals surface area contributed by atoms with E-state index in [4.69, 9.17) is 4.74 Å². The van der Waals surface area contributed by atoms with Crippen molar-refractivity contribution < 1.29 is 14.6 Å². The maximum absolute atomic E-state index is 12.1. The van der Waals surface area contributed by atoms with E-state index in [1.54, 1.807) is 0 Å². The van der Waals surface area contributed by atoms with Crippen molar-refractivity contribution in [1.82, 2.24) is 10.2 Å². The second kappa shape index (κ2) is 7.39. The average Bonchev–Trinajstić information content (AvgIpc) is 2.42. The number of piperidine rings is 1. The molecular formula is C18H34N2O3. The number of aliphatic hydroxyl groups excluding tert-OH is 1. The number of amides is 1. The summed E-state index contributed by atoms with van der Waals surface area (Å²) in [7, 11) is 0. The molecule has 134 valence electrons. The second-order valence-corrected chi connectivity index (χ2v) is 8.39. The first-order chi connectivity index (χ1) is 10.7. The molecule has 5 heteroatoms. The van der Waals surface area contributed by atoms with Gasteiger partial charge in [0.05, 0.1) is 6.10 Å². The molecule has 2 aliphatic rings. The van der Waals surface area contributed by atoms with Gasteiger partial charge >= 0.3 is 6.09 Å². The summed E-state index contributed by atoms with van der Waals surface area (Å²) in [6.07, 6.45) is 3.46. The van der Waals surface area contributed by atoms with Crippen LogP contribution >= 0.6 is 0 Å². The van der Waals surface area contributed by atoms with Crippen molar-refractivity contribution in [3.05, 3.63) is 0 Å². The van der Waals surface area contributed by atoms with Crippen molar-refractivity contribution in [2.24, 2.45) is 11.8 Å². The van der Waals surface area contributed by atoms with Gasteiger partial charge in [0.2, 0.25) is 0 Å². The lowest BCUT2D eigenvalue weighted by Crippen LogP contribution is -2.59. The van der Waals surface area contributed by atoms with Crippen LogP contribution in [0.3, 0.4) is 0 Å². The van der Waals surface area contributed by atoms with E-state index >= 15 is 0 Å². The zero-order chi connectivity index (χ0) is 17.2. The predicted molar refractivity (Wildman–Crippen MR) is 91.3 cm³/mol. The fourth-order valence-electron chi connectivity index (χ4n) is 3.83. The van der Waals surface area contributed by atoms with Crippen molar-refractivity contribution in [1.29, 1.82) is 0 Å². The number of carbonyl (C=O) groups is 1. The molecule has 23 heavy (non-hydrogen) atoms. The molecular weight excluding hydrogens is 292 g/mol. The van der Waals surface area contributed by atoms with E-state index in [1.165, 1.54) is 12.8 Å². The smallest absolute Gasteiger partial charge is 0.407 e. The molecule has 5 unspecified atom stereocenters. The van der Waals surface area contributed by atoms with Crippen LogP contribution in [0.1, 0.15) is 60.3 Å². The summed E-state index contributed by atoms with van der Waals surface area (Å²) in [6, 6.07) is 0.655. The fourth-order valence-corrected chi connectivity index (χ4v) is 3.83. The SMILES string of the molecule is CCC(O)C1CC(NC(=O)OC(C)(C)C)CN(C2CCC2C)C1. The Kier molecular flexibility index (Phi) is 5.95. The van der Waals surface area contributed by atoms with Crippen LogP contribution in [0.2, 0.25) is 0 Å². The molecule has 5 atom stereocenters. The number of ether oxygens (including phenoxy) is 1. The molecule has 0 aromatic carbocycles. The minimum Gasteiger partial charge on any atom is -0.444 e. The number of nitrogens with one attached hydrogen (secondary N) is 1. The number of aliphatic hydroxyl groups is 1. The van der Waals surface area contributed by atoms with Crippen molar-refractivity contribution in [3.63, 3.8) is 0 Å². The van der Waals surface area contributed by atoms with Gasteiger partial charge in [-0.3, -0.25) is 4.90 Å². The van der Waals surface area contributed by atoms with Crippen LogP contribution in [-0.2, 0) is 4.74 Å². The van der Waals surface area contributed by atoms with E-state index < -0.39 is 5.60 Å². The van der Waals surface area contributed by atoms with Crippen LogP contribution in [0.25, 0.3) is 0 Å². The van der Waals surface area contributed by atoms with E-state index in [1.807, 2.05) is 27.7 Å². The summed E-state index contributed by atoms with van der Waals surface area (Å²) in [5.41, 5.74) is -0.483. The van der Waals surface area contributed by atoms with Crippen molar-refractivity contribution in [2.75, 3.05) is 13.1 Å². The molecule has 5 nitrogen and oxygen atoms in total. The Hall–Kier alpha value is -0.810. The van der Waals surface area contributed by atoms with E-state index in [2.05, 4.69) is 17.1 Å². The molecule has 0 spiro atoms. The van der Waals surface area contributed by atoms with Gasteiger partial charge in [0.25, 0.3) is 0 Å². The fraction of sp³-hybridized carbons (Fsp3) is 0.944. The highest BCUT2D eigenvalue weighted by Gasteiger charge is 2.39. The molecule has 1 saturated carbocycles. The minimum absolute atomic E-state index is 0.0533. The number of likely N-dealkylation sites (tertiary alicyclic amines) is 1. The van der Waals surface area contributed by atoms with E-state index in [9.17, 15) is 9.90 Å². The Labute approximate surface area is 140 Å². The van der Waals surface area contributed by atoms with Crippen molar-refractivity contribution in [2.45, 2.75) is 84.1 Å². The number of nitrogens with zero attached hydrogens (tertiary/aromatic N) is 1. The number of hydrogen-bond donors (Lipinski definition) is 2. The first-order valence-electron chi connectivity index (χ1n) is 9.11. The molecule has 1 amide bonds. The Bertz CT molecular complexity index is 408. The topological polar surface area (TPSA) is 61.8 Å². The number of carbonyl (C=O) groups excluding carboxylic acids is 1. The molecule has 1 heterocycles. The number of alkyl carbamates (subject to hydrolysis) is 1. The monoisotopic (exact) mass is 326 g/mol. The molecule has 0 aromatic rings. The van der Waals surface area contributed by atoms with Crippen LogP contribution in [0.5, 0.6) is 0 Å². The van der Waals surface area contributed by atoms with Gasteiger partial charge in [0.1, 0.15) is 5.60 Å². The van der Waals surface area contributed by atoms with Crippen LogP contribution in [0.15, 0.2) is 0 Å². The maximum Gasteiger partial charge on any atom is 0.407 e. The summed E-state index contributed by atoms with van der Waals surface area (Å²) in [5, 5.41) is 13.3. The van der Waals surface area contributed by atoms with Gasteiger partial charge in [-0.2, -0.15) is 0 Å². The summed E-state index contributed by atoms with van der Waals surface area (Å²) in [6.45, 7) is 11.7. The van der Waals surface area contributed by atoms with E-state index in [0.717, 1.165) is 31.8 Å². The molecule has 2 rings (SSSR count). The maximum atomic E-state index is 12.1. The highest BCUT2D eigenvalue weighted by atomic mass is 16.6. The lowest BCUT2D eigenvalue weighted by atomic mass is 9.77. The average molecular weight is 326 g/mol. The van der Waals surface area contributed by atoms with Gasteiger partial charge in [-0.1, -0.05) is 13.8 Å². The van der Waals surface area contributed by atoms with Gasteiger partial charge in [-0.25, -0.2) is 4.79 Å². The number of rotatable bonds is 4. The molecule has 2 fully saturated rings. The first kappa shape index (κ1) is 18.5. The van der Waals surface area contributed by atoms with Crippen molar-refractivity contribution >= 4 is 6.09 Å². The van der Waals surface area contributed by atoms with Crippen LogP contribution < -0.4 is 5.32 Å². The molecule has 1 saturated heterocycles. The highest BCUT2D eigenvalue weighted by Crippen LogP contribution is 2.35. The summed E-state index contributed by atoms with van der Waals surface area (Å²) >= 11 is 0. The molecule has 0 aromatic heterocycles. The molecule has 2 N–H and O–H groups in total. The normalized spacial score (nSPS) is 33.7. The Morgan fingerprint density at radius 1 is 1.35 bits per heavy atom. The van der Waals surface area contributed by atoms with Gasteiger partial charge in [0.15, 0.2) is 0 Å². The molecule has 0 radical (unpaired) electrons. The van der Waals surface area contributed by atoms with Gasteiger partial charge in [-0.15, -0.1) is 0 Å². The summed E-state index contributed by atoms with van der Waals surface area (Å²) < 4.78 is 5.39. The molecule has 1 aliphatic heterocycles. The molecule has 1 aliphatic carbocycles. The highest BCUT2D eigenvalue weighted by molar-refractivity contribution is 5.68. The zero-order valence-electron chi connectivity index (χ0n) is 15.3. The standard InChI is InChI=1S/C18H34N2O3/c1-6-16(21)13-9-14(19-17(22)23-18(3,4)5)11-20(10-13)15-8-7-12(15)2/h12-16,21H,6-11H2,1-5H3,(H,19,22). The first-order valence-corrected chi connectivity index (χ1v) is 9.11. The molecule has 0 bridgehead atoms. The minimum atomic E-state index is -0.483. The van der Waals surface area contributed by atoms with Gasteiger partial charge in [-0.05, 0) is 58.3 Å². The van der Waals surface area contributed by atoms with Crippen LogP contribution in [0.4, 0.5) is 4.79 Å². The zero-order valence-corrected chi connectivity index (χ0v) is 15.3. The van der Waals surface area contributed by atoms with E-state index in [-0.39, 0.29) is 24.2 Å². The largest absolute Gasteiger partial charge is 0.444 e. The Morgan fingerprint density at radius 2 is 2.04 bits per heavy atom. The Balaban J connectivity index is 1.98. The second-order valence-electron chi connectivity index (χ2n) is 8.39.